The van der Waals surface area contributed by atoms with Crippen molar-refractivity contribution in [3.05, 3.63) is 12.7 Å². The molecule has 1 aliphatic heterocycles. The van der Waals surface area contributed by atoms with Gasteiger partial charge in [-0.15, -0.1) is 6.58 Å². The average Bonchev–Trinajstić information content (AvgIpc) is 2.15. The van der Waals surface area contributed by atoms with Crippen LogP contribution in [-0.4, -0.2) is 54.7 Å². The Morgan fingerprint density at radius 1 is 1.46 bits per heavy atom. The van der Waals surface area contributed by atoms with Gasteiger partial charge in [0.1, 0.15) is 0 Å². The zero-order valence-corrected chi connectivity index (χ0v) is 8.94. The second-order valence-electron chi connectivity index (χ2n) is 3.27. The van der Waals surface area contributed by atoms with E-state index in [0.29, 0.717) is 0 Å². The first-order valence-electron chi connectivity index (χ1n) is 4.56. The molecule has 13 heavy (non-hydrogen) atoms. The lowest BCUT2D eigenvalue weighted by atomic mass is 10.3. The minimum Gasteiger partial charge on any atom is -0.359 e. The van der Waals surface area contributed by atoms with Crippen LogP contribution in [0.4, 0.5) is 0 Å². The van der Waals surface area contributed by atoms with Gasteiger partial charge in [-0.2, -0.15) is 0 Å². The van der Waals surface area contributed by atoms with Crippen LogP contribution in [0.5, 0.6) is 0 Å². The smallest absolute Gasteiger partial charge is 0.169 e. The number of thiocarbonyl (C=S) groups is 1. The Bertz CT molecular complexity index is 185. The van der Waals surface area contributed by atoms with Gasteiger partial charge in [-0.3, -0.25) is 0 Å². The van der Waals surface area contributed by atoms with E-state index in [0.717, 1.165) is 37.8 Å². The van der Waals surface area contributed by atoms with Crippen LogP contribution in [0.1, 0.15) is 0 Å². The van der Waals surface area contributed by atoms with Gasteiger partial charge < -0.3 is 15.1 Å². The molecule has 0 atom stereocenters. The van der Waals surface area contributed by atoms with Gasteiger partial charge >= 0.3 is 0 Å². The quantitative estimate of drug-likeness (QED) is 0.509. The second kappa shape index (κ2) is 5.19. The van der Waals surface area contributed by atoms with Gasteiger partial charge in [0.05, 0.1) is 0 Å². The van der Waals surface area contributed by atoms with Crippen molar-refractivity contribution < 1.29 is 0 Å². The highest BCUT2D eigenvalue weighted by Crippen LogP contribution is 1.99. The molecule has 4 heteroatoms. The first kappa shape index (κ1) is 10.5. The van der Waals surface area contributed by atoms with E-state index in [2.05, 4.69) is 28.7 Å². The number of piperazine rings is 1. The Hall–Kier alpha value is -0.610. The Morgan fingerprint density at radius 2 is 2.08 bits per heavy atom. The molecule has 0 spiro atoms. The van der Waals surface area contributed by atoms with Gasteiger partial charge in [-0.1, -0.05) is 6.08 Å². The van der Waals surface area contributed by atoms with E-state index in [1.807, 2.05) is 6.08 Å². The monoisotopic (exact) mass is 199 g/mol. The van der Waals surface area contributed by atoms with E-state index in [9.17, 15) is 0 Å². The summed E-state index contributed by atoms with van der Waals surface area (Å²) in [5, 5.41) is 3.99. The van der Waals surface area contributed by atoms with E-state index in [1.165, 1.54) is 0 Å². The first-order chi connectivity index (χ1) is 6.24. The molecule has 1 rings (SSSR count). The fraction of sp³-hybridized carbons (Fsp3) is 0.667. The number of likely N-dealkylation sites (N-methyl/N-ethyl adjacent to an activating group) is 1. The molecule has 0 radical (unpaired) electrons. The third-order valence-corrected chi connectivity index (χ3v) is 2.59. The minimum absolute atomic E-state index is 0.755. The van der Waals surface area contributed by atoms with Crippen molar-refractivity contribution >= 4 is 17.3 Å². The molecule has 0 aromatic heterocycles. The Morgan fingerprint density at radius 3 is 2.62 bits per heavy atom. The zero-order chi connectivity index (χ0) is 9.68. The molecule has 3 nitrogen and oxygen atoms in total. The summed E-state index contributed by atoms with van der Waals surface area (Å²) in [5.74, 6) is 0. The van der Waals surface area contributed by atoms with Crippen molar-refractivity contribution in [1.29, 1.82) is 0 Å². The van der Waals surface area contributed by atoms with Crippen molar-refractivity contribution in [3.8, 4) is 0 Å². The summed E-state index contributed by atoms with van der Waals surface area (Å²) in [5.41, 5.74) is 0. The molecule has 0 amide bonds. The molecular formula is C9H17N3S. The molecule has 1 N–H and O–H groups in total. The molecule has 0 aromatic rings. The summed E-state index contributed by atoms with van der Waals surface area (Å²) in [6.07, 6.45) is 1.82. The fourth-order valence-corrected chi connectivity index (χ4v) is 1.55. The summed E-state index contributed by atoms with van der Waals surface area (Å²) in [4.78, 5) is 4.52. The lowest BCUT2D eigenvalue weighted by Gasteiger charge is -2.34. The van der Waals surface area contributed by atoms with Crippen LogP contribution in [0.25, 0.3) is 0 Å². The number of hydrogen-bond donors (Lipinski definition) is 1. The Balaban J connectivity index is 2.27. The summed E-state index contributed by atoms with van der Waals surface area (Å²) < 4.78 is 0. The van der Waals surface area contributed by atoms with E-state index < -0.39 is 0 Å². The topological polar surface area (TPSA) is 18.5 Å². The largest absolute Gasteiger partial charge is 0.359 e. The molecule has 1 fully saturated rings. The highest BCUT2D eigenvalue weighted by molar-refractivity contribution is 7.80. The van der Waals surface area contributed by atoms with Gasteiger partial charge in [-0.25, -0.2) is 0 Å². The van der Waals surface area contributed by atoms with Gasteiger partial charge in [-0.05, 0) is 19.3 Å². The lowest BCUT2D eigenvalue weighted by Crippen LogP contribution is -2.50. The highest BCUT2D eigenvalue weighted by Gasteiger charge is 2.15. The van der Waals surface area contributed by atoms with Crippen LogP contribution in [0, 0.1) is 0 Å². The molecular weight excluding hydrogens is 182 g/mol. The van der Waals surface area contributed by atoms with E-state index in [1.54, 1.807) is 0 Å². The average molecular weight is 199 g/mol. The Labute approximate surface area is 85.4 Å². The van der Waals surface area contributed by atoms with E-state index >= 15 is 0 Å². The predicted molar refractivity (Wildman–Crippen MR) is 59.9 cm³/mol. The fourth-order valence-electron chi connectivity index (χ4n) is 1.28. The van der Waals surface area contributed by atoms with Crippen molar-refractivity contribution in [3.63, 3.8) is 0 Å². The maximum Gasteiger partial charge on any atom is 0.169 e. The maximum absolute atomic E-state index is 5.23. The van der Waals surface area contributed by atoms with Crippen LogP contribution in [0.15, 0.2) is 12.7 Å². The summed E-state index contributed by atoms with van der Waals surface area (Å²) in [6.45, 7) is 8.64. The van der Waals surface area contributed by atoms with Crippen LogP contribution >= 0.6 is 12.2 Å². The SMILES string of the molecule is C=CCNC(=S)N1CCN(C)CC1. The van der Waals surface area contributed by atoms with Gasteiger partial charge in [0.25, 0.3) is 0 Å². The normalized spacial score (nSPS) is 18.4. The molecule has 1 aliphatic rings. The van der Waals surface area contributed by atoms with Crippen molar-refractivity contribution in [2.75, 3.05) is 39.8 Å². The van der Waals surface area contributed by atoms with Crippen LogP contribution in [-0.2, 0) is 0 Å². The summed E-state index contributed by atoms with van der Waals surface area (Å²) in [6, 6.07) is 0. The number of rotatable bonds is 2. The molecule has 0 aliphatic carbocycles. The molecule has 0 saturated carbocycles. The maximum atomic E-state index is 5.23. The molecule has 0 aromatic carbocycles. The first-order valence-corrected chi connectivity index (χ1v) is 4.97. The Kier molecular flexibility index (Phi) is 4.18. The predicted octanol–water partition coefficient (Wildman–Crippen LogP) is 0.294. The molecule has 0 bridgehead atoms. The molecule has 0 unspecified atom stereocenters. The van der Waals surface area contributed by atoms with Crippen molar-refractivity contribution in [2.45, 2.75) is 0 Å². The number of nitrogens with one attached hydrogen (secondary N) is 1. The minimum atomic E-state index is 0.755. The van der Waals surface area contributed by atoms with Crippen LogP contribution < -0.4 is 5.32 Å². The lowest BCUT2D eigenvalue weighted by molar-refractivity contribution is 0.214. The van der Waals surface area contributed by atoms with Gasteiger partial charge in [0.2, 0.25) is 0 Å². The highest BCUT2D eigenvalue weighted by atomic mass is 32.1. The second-order valence-corrected chi connectivity index (χ2v) is 3.65. The summed E-state index contributed by atoms with van der Waals surface area (Å²) in [7, 11) is 2.14. The number of hydrogen-bond acceptors (Lipinski definition) is 2. The third kappa shape index (κ3) is 3.32. The number of nitrogens with zero attached hydrogens (tertiary/aromatic N) is 2. The van der Waals surface area contributed by atoms with E-state index in [-0.39, 0.29) is 0 Å². The zero-order valence-electron chi connectivity index (χ0n) is 8.12. The summed E-state index contributed by atoms with van der Waals surface area (Å²) >= 11 is 5.23. The molecule has 74 valence electrons. The van der Waals surface area contributed by atoms with Crippen molar-refractivity contribution in [1.82, 2.24) is 15.1 Å². The molecule has 1 heterocycles. The van der Waals surface area contributed by atoms with Crippen molar-refractivity contribution in [2.24, 2.45) is 0 Å². The third-order valence-electron chi connectivity index (χ3n) is 2.19. The van der Waals surface area contributed by atoms with Crippen LogP contribution in [0.3, 0.4) is 0 Å². The van der Waals surface area contributed by atoms with Gasteiger partial charge in [0, 0.05) is 32.7 Å². The standard InChI is InChI=1S/C9H17N3S/c1-3-4-10-9(13)12-7-5-11(2)6-8-12/h3H,1,4-8H2,2H3,(H,10,13). The molecule has 1 saturated heterocycles. The van der Waals surface area contributed by atoms with Crippen LogP contribution in [0.2, 0.25) is 0 Å². The van der Waals surface area contributed by atoms with E-state index in [4.69, 9.17) is 12.2 Å². The van der Waals surface area contributed by atoms with Gasteiger partial charge in [0.15, 0.2) is 5.11 Å².